The maximum Gasteiger partial charge on any atom is 0.253 e. The highest BCUT2D eigenvalue weighted by molar-refractivity contribution is 5.97. The number of imidazole rings is 1. The summed E-state index contributed by atoms with van der Waals surface area (Å²) in [6, 6.07) is 7.63. The van der Waals surface area contributed by atoms with E-state index in [0.717, 1.165) is 33.7 Å². The van der Waals surface area contributed by atoms with Crippen LogP contribution in [0, 0.1) is 6.92 Å². The number of nitrogens with one attached hydrogen (secondary N) is 1. The number of aryl methyl sites for hydroxylation is 1. The molecule has 9 nitrogen and oxygen atoms in total. The number of hydrogen-bond donors (Lipinski definition) is 1. The number of benzene rings is 1. The number of carbonyl (C=O) groups is 1. The monoisotopic (exact) mass is 389 g/mol. The van der Waals surface area contributed by atoms with E-state index in [0.29, 0.717) is 31.7 Å². The summed E-state index contributed by atoms with van der Waals surface area (Å²) < 4.78 is 4.79. The van der Waals surface area contributed by atoms with Crippen LogP contribution in [0.2, 0.25) is 0 Å². The maximum atomic E-state index is 13.1. The number of rotatable bonds is 3. The fraction of sp³-hybridized carbons (Fsp3) is 0.250. The molecule has 0 radical (unpaired) electrons. The predicted molar refractivity (Wildman–Crippen MR) is 106 cm³/mol. The summed E-state index contributed by atoms with van der Waals surface area (Å²) in [6.07, 6.45) is 5.17. The second-order valence-electron chi connectivity index (χ2n) is 7.02. The Morgan fingerprint density at radius 3 is 2.79 bits per heavy atom. The third kappa shape index (κ3) is 3.10. The Morgan fingerprint density at radius 2 is 2.00 bits per heavy atom. The van der Waals surface area contributed by atoms with E-state index in [9.17, 15) is 4.79 Å². The van der Waals surface area contributed by atoms with Gasteiger partial charge in [-0.25, -0.2) is 9.61 Å². The second-order valence-corrected chi connectivity index (χ2v) is 7.02. The van der Waals surface area contributed by atoms with Gasteiger partial charge in [-0.05, 0) is 29.8 Å². The fourth-order valence-electron chi connectivity index (χ4n) is 3.71. The van der Waals surface area contributed by atoms with E-state index in [1.54, 1.807) is 18.7 Å². The van der Waals surface area contributed by atoms with Crippen LogP contribution in [0.25, 0.3) is 22.2 Å². The van der Waals surface area contributed by atoms with Crippen molar-refractivity contribution in [3.8, 4) is 11.1 Å². The molecule has 1 amide bonds. The highest BCUT2D eigenvalue weighted by Crippen LogP contribution is 2.26. The maximum absolute atomic E-state index is 13.1. The van der Waals surface area contributed by atoms with Crippen LogP contribution in [0.4, 0.5) is 5.82 Å². The van der Waals surface area contributed by atoms with Gasteiger partial charge in [0.1, 0.15) is 5.69 Å². The van der Waals surface area contributed by atoms with Gasteiger partial charge >= 0.3 is 0 Å². The molecule has 1 aromatic carbocycles. The first-order valence-corrected chi connectivity index (χ1v) is 9.41. The molecule has 1 aliphatic heterocycles. The first-order valence-electron chi connectivity index (χ1n) is 9.41. The second kappa shape index (κ2) is 7.01. The molecule has 4 aromatic rings. The van der Waals surface area contributed by atoms with Crippen molar-refractivity contribution in [1.29, 1.82) is 0 Å². The van der Waals surface area contributed by atoms with Gasteiger partial charge < -0.3 is 14.8 Å². The number of aromatic nitrogens is 5. The van der Waals surface area contributed by atoms with Crippen molar-refractivity contribution >= 4 is 22.8 Å². The molecule has 0 unspecified atom stereocenters. The minimum Gasteiger partial charge on any atom is -0.349 e. The first kappa shape index (κ1) is 17.4. The van der Waals surface area contributed by atoms with Crippen molar-refractivity contribution in [3.63, 3.8) is 0 Å². The lowest BCUT2D eigenvalue weighted by Crippen LogP contribution is -2.49. The van der Waals surface area contributed by atoms with Crippen LogP contribution in [0.15, 0.2) is 47.6 Å². The molecule has 1 fully saturated rings. The zero-order valence-corrected chi connectivity index (χ0v) is 15.9. The van der Waals surface area contributed by atoms with Gasteiger partial charge in [-0.2, -0.15) is 0 Å². The lowest BCUT2D eigenvalue weighted by molar-refractivity contribution is 0.0746. The molecule has 5 rings (SSSR count). The van der Waals surface area contributed by atoms with Gasteiger partial charge in [0.25, 0.3) is 5.91 Å². The zero-order chi connectivity index (χ0) is 19.8. The zero-order valence-electron chi connectivity index (χ0n) is 15.9. The molecule has 0 atom stereocenters. The molecule has 0 saturated carbocycles. The molecule has 146 valence electrons. The molecule has 3 aromatic heterocycles. The number of H-pyrrole nitrogens is 1. The average molecular weight is 389 g/mol. The fourth-order valence-corrected chi connectivity index (χ4v) is 3.71. The summed E-state index contributed by atoms with van der Waals surface area (Å²) in [5.74, 6) is 0.766. The minimum absolute atomic E-state index is 0.0173. The van der Waals surface area contributed by atoms with E-state index in [4.69, 9.17) is 4.63 Å². The molecule has 0 spiro atoms. The summed E-state index contributed by atoms with van der Waals surface area (Å²) in [5, 5.41) is 7.78. The van der Waals surface area contributed by atoms with Gasteiger partial charge in [0.05, 0.1) is 23.6 Å². The quantitative estimate of drug-likeness (QED) is 0.573. The van der Waals surface area contributed by atoms with Gasteiger partial charge in [0.15, 0.2) is 5.82 Å². The number of pyridine rings is 1. The van der Waals surface area contributed by atoms with E-state index < -0.39 is 0 Å². The van der Waals surface area contributed by atoms with Crippen molar-refractivity contribution in [2.75, 3.05) is 31.1 Å². The third-order valence-corrected chi connectivity index (χ3v) is 5.25. The number of hydrogen-bond acceptors (Lipinski definition) is 7. The van der Waals surface area contributed by atoms with Gasteiger partial charge in [0, 0.05) is 43.5 Å². The first-order chi connectivity index (χ1) is 14.2. The highest BCUT2D eigenvalue weighted by Gasteiger charge is 2.25. The Hall–Kier alpha value is -3.75. The van der Waals surface area contributed by atoms with E-state index in [1.165, 1.54) is 0 Å². The van der Waals surface area contributed by atoms with E-state index >= 15 is 0 Å². The van der Waals surface area contributed by atoms with Crippen LogP contribution in [-0.2, 0) is 0 Å². The lowest BCUT2D eigenvalue weighted by Gasteiger charge is -2.34. The van der Waals surface area contributed by atoms with Crippen molar-refractivity contribution in [3.05, 3.63) is 54.2 Å². The Morgan fingerprint density at radius 1 is 1.14 bits per heavy atom. The SMILES string of the molecule is Cc1nonc1N1CCN(C(=O)c2cccc(-c3cncc4[nH]cnc34)c2)CC1. The molecule has 1 N–H and O–H groups in total. The molecular formula is C20H19N7O2. The van der Waals surface area contributed by atoms with Gasteiger partial charge in [0.2, 0.25) is 0 Å². The summed E-state index contributed by atoms with van der Waals surface area (Å²) in [6.45, 7) is 4.48. The summed E-state index contributed by atoms with van der Waals surface area (Å²) in [4.78, 5) is 28.8. The lowest BCUT2D eigenvalue weighted by atomic mass is 10.0. The average Bonchev–Trinajstić information content (AvgIpc) is 3.42. The molecule has 9 heteroatoms. The number of nitrogens with zero attached hydrogens (tertiary/aromatic N) is 6. The van der Waals surface area contributed by atoms with Gasteiger partial charge in [-0.1, -0.05) is 17.3 Å². The Bertz CT molecular complexity index is 1170. The van der Waals surface area contributed by atoms with Crippen molar-refractivity contribution in [2.45, 2.75) is 6.92 Å². The molecule has 4 heterocycles. The smallest absolute Gasteiger partial charge is 0.253 e. The van der Waals surface area contributed by atoms with Gasteiger partial charge in [-0.3, -0.25) is 9.78 Å². The highest BCUT2D eigenvalue weighted by atomic mass is 16.6. The van der Waals surface area contributed by atoms with Crippen LogP contribution >= 0.6 is 0 Å². The number of aromatic amines is 1. The topological polar surface area (TPSA) is 104 Å². The van der Waals surface area contributed by atoms with E-state index in [-0.39, 0.29) is 5.91 Å². The molecule has 29 heavy (non-hydrogen) atoms. The predicted octanol–water partition coefficient (Wildman–Crippen LogP) is 2.28. The van der Waals surface area contributed by atoms with Gasteiger partial charge in [-0.15, -0.1) is 0 Å². The van der Waals surface area contributed by atoms with Crippen molar-refractivity contribution in [2.24, 2.45) is 0 Å². The number of amides is 1. The van der Waals surface area contributed by atoms with E-state index in [1.807, 2.05) is 36.1 Å². The number of piperazine rings is 1. The third-order valence-electron chi connectivity index (χ3n) is 5.25. The molecular weight excluding hydrogens is 370 g/mol. The normalized spacial score (nSPS) is 14.5. The Kier molecular flexibility index (Phi) is 4.19. The van der Waals surface area contributed by atoms with Crippen LogP contribution in [-0.4, -0.2) is 62.3 Å². The Labute approximate surface area is 166 Å². The standard InChI is InChI=1S/C20H19N7O2/c1-13-19(25-29-24-13)26-5-7-27(8-6-26)20(28)15-4-2-3-14(9-15)16-10-21-11-17-18(16)23-12-22-17/h2-4,9-12H,5-8H2,1H3,(H,22,23). The van der Waals surface area contributed by atoms with Crippen LogP contribution < -0.4 is 4.90 Å². The van der Waals surface area contributed by atoms with Crippen molar-refractivity contribution in [1.82, 2.24) is 30.2 Å². The van der Waals surface area contributed by atoms with E-state index in [2.05, 4.69) is 30.2 Å². The van der Waals surface area contributed by atoms with Crippen LogP contribution in [0.5, 0.6) is 0 Å². The summed E-state index contributed by atoms with van der Waals surface area (Å²) in [7, 11) is 0. The van der Waals surface area contributed by atoms with Crippen molar-refractivity contribution < 1.29 is 9.42 Å². The molecule has 0 aliphatic carbocycles. The number of carbonyl (C=O) groups excluding carboxylic acids is 1. The largest absolute Gasteiger partial charge is 0.349 e. The number of fused-ring (bicyclic) bond motifs is 1. The minimum atomic E-state index is 0.0173. The molecule has 0 bridgehead atoms. The Balaban J connectivity index is 1.35. The molecule has 1 aliphatic rings. The van der Waals surface area contributed by atoms with Crippen LogP contribution in [0.3, 0.4) is 0 Å². The van der Waals surface area contributed by atoms with Crippen LogP contribution in [0.1, 0.15) is 16.1 Å². The summed E-state index contributed by atoms with van der Waals surface area (Å²) in [5.41, 5.74) is 4.95. The number of anilines is 1. The molecule has 1 saturated heterocycles. The summed E-state index contributed by atoms with van der Waals surface area (Å²) >= 11 is 0.